The van der Waals surface area contributed by atoms with Crippen molar-refractivity contribution in [2.24, 2.45) is 0 Å². The largest absolute Gasteiger partial charge is 0.466 e. The van der Waals surface area contributed by atoms with E-state index in [-0.39, 0.29) is 30.6 Å². The molecule has 1 aromatic rings. The van der Waals surface area contributed by atoms with Crippen molar-refractivity contribution in [3.8, 4) is 0 Å². The first-order chi connectivity index (χ1) is 9.86. The van der Waals surface area contributed by atoms with E-state index < -0.39 is 10.0 Å². The van der Waals surface area contributed by atoms with Crippen LogP contribution in [0.2, 0.25) is 0 Å². The average Bonchev–Trinajstić information content (AvgIpc) is 2.45. The standard InChI is InChI=1S/C15H23NO4S/c1-4-20-15(17)10-11-16(3)21(18,19)12-13(2)14-8-6-5-7-9-14/h5-9,13H,4,10-12H2,1-3H3. The number of ether oxygens (including phenoxy) is 1. The molecule has 0 aliphatic rings. The van der Waals surface area contributed by atoms with Gasteiger partial charge in [-0.25, -0.2) is 12.7 Å². The number of rotatable bonds is 8. The fraction of sp³-hybridized carbons (Fsp3) is 0.533. The van der Waals surface area contributed by atoms with Gasteiger partial charge in [-0.15, -0.1) is 0 Å². The summed E-state index contributed by atoms with van der Waals surface area (Å²) in [5, 5.41) is 0. The first-order valence-corrected chi connectivity index (χ1v) is 8.62. The highest BCUT2D eigenvalue weighted by atomic mass is 32.2. The van der Waals surface area contributed by atoms with Gasteiger partial charge in [0.05, 0.1) is 18.8 Å². The van der Waals surface area contributed by atoms with Gasteiger partial charge in [0, 0.05) is 13.6 Å². The normalized spacial score (nSPS) is 13.1. The van der Waals surface area contributed by atoms with Crippen LogP contribution in [-0.4, -0.2) is 44.6 Å². The molecule has 1 rings (SSSR count). The lowest BCUT2D eigenvalue weighted by atomic mass is 10.0. The van der Waals surface area contributed by atoms with E-state index in [1.54, 1.807) is 6.92 Å². The summed E-state index contributed by atoms with van der Waals surface area (Å²) in [5.41, 5.74) is 0.986. The van der Waals surface area contributed by atoms with Crippen LogP contribution in [0.25, 0.3) is 0 Å². The number of sulfonamides is 1. The Hall–Kier alpha value is -1.40. The molecule has 1 atom stereocenters. The van der Waals surface area contributed by atoms with Crippen molar-refractivity contribution >= 4 is 16.0 Å². The molecular formula is C15H23NO4S. The van der Waals surface area contributed by atoms with Crippen molar-refractivity contribution in [1.29, 1.82) is 0 Å². The van der Waals surface area contributed by atoms with Gasteiger partial charge >= 0.3 is 5.97 Å². The fourth-order valence-corrected chi connectivity index (χ4v) is 3.39. The Morgan fingerprint density at radius 3 is 2.48 bits per heavy atom. The number of hydrogen-bond donors (Lipinski definition) is 0. The Balaban J connectivity index is 2.58. The predicted octanol–water partition coefficient (Wildman–Crippen LogP) is 2.00. The van der Waals surface area contributed by atoms with Gasteiger partial charge in [-0.1, -0.05) is 37.3 Å². The molecule has 0 aliphatic carbocycles. The minimum Gasteiger partial charge on any atom is -0.466 e. The topological polar surface area (TPSA) is 63.7 Å². The van der Waals surface area contributed by atoms with Gasteiger partial charge < -0.3 is 4.74 Å². The third kappa shape index (κ3) is 5.85. The van der Waals surface area contributed by atoms with Crippen LogP contribution in [0, 0.1) is 0 Å². The molecule has 21 heavy (non-hydrogen) atoms. The molecule has 0 bridgehead atoms. The minimum atomic E-state index is -3.39. The van der Waals surface area contributed by atoms with Gasteiger partial charge in [0.25, 0.3) is 0 Å². The van der Waals surface area contributed by atoms with Crippen LogP contribution in [0.3, 0.4) is 0 Å². The van der Waals surface area contributed by atoms with E-state index in [9.17, 15) is 13.2 Å². The Bertz CT molecular complexity index is 542. The van der Waals surface area contributed by atoms with E-state index in [0.717, 1.165) is 5.56 Å². The van der Waals surface area contributed by atoms with Crippen LogP contribution in [0.4, 0.5) is 0 Å². The molecule has 0 saturated heterocycles. The maximum Gasteiger partial charge on any atom is 0.307 e. The maximum atomic E-state index is 12.3. The minimum absolute atomic E-state index is 0.0241. The van der Waals surface area contributed by atoms with Gasteiger partial charge in [-0.2, -0.15) is 0 Å². The molecule has 0 aliphatic heterocycles. The van der Waals surface area contributed by atoms with E-state index in [0.29, 0.717) is 6.61 Å². The fourth-order valence-electron chi connectivity index (χ4n) is 1.94. The van der Waals surface area contributed by atoms with Crippen molar-refractivity contribution in [2.45, 2.75) is 26.2 Å². The zero-order chi connectivity index (χ0) is 15.9. The molecule has 1 aromatic carbocycles. The monoisotopic (exact) mass is 313 g/mol. The maximum absolute atomic E-state index is 12.3. The zero-order valence-corrected chi connectivity index (χ0v) is 13.6. The molecule has 0 fully saturated rings. The second-order valence-electron chi connectivity index (χ2n) is 4.97. The molecule has 118 valence electrons. The lowest BCUT2D eigenvalue weighted by molar-refractivity contribution is -0.143. The van der Waals surface area contributed by atoms with Crippen LogP contribution >= 0.6 is 0 Å². The quantitative estimate of drug-likeness (QED) is 0.689. The summed E-state index contributed by atoms with van der Waals surface area (Å²) in [6.07, 6.45) is 0.0727. The van der Waals surface area contributed by atoms with E-state index in [4.69, 9.17) is 4.74 Å². The third-order valence-corrected chi connectivity index (χ3v) is 5.29. The molecule has 0 N–H and O–H groups in total. The van der Waals surface area contributed by atoms with E-state index in [1.807, 2.05) is 37.3 Å². The SMILES string of the molecule is CCOC(=O)CCN(C)S(=O)(=O)CC(C)c1ccccc1. The molecule has 5 nitrogen and oxygen atoms in total. The number of esters is 1. The molecule has 6 heteroatoms. The Morgan fingerprint density at radius 2 is 1.90 bits per heavy atom. The van der Waals surface area contributed by atoms with Crippen LogP contribution in [0.1, 0.15) is 31.7 Å². The van der Waals surface area contributed by atoms with Gasteiger partial charge in [0.2, 0.25) is 10.0 Å². The number of carbonyl (C=O) groups excluding carboxylic acids is 1. The number of nitrogens with zero attached hydrogens (tertiary/aromatic N) is 1. The molecular weight excluding hydrogens is 290 g/mol. The highest BCUT2D eigenvalue weighted by Gasteiger charge is 2.22. The highest BCUT2D eigenvalue weighted by Crippen LogP contribution is 2.18. The van der Waals surface area contributed by atoms with Crippen LogP contribution in [-0.2, 0) is 19.6 Å². The van der Waals surface area contributed by atoms with Crippen LogP contribution in [0.5, 0.6) is 0 Å². The zero-order valence-electron chi connectivity index (χ0n) is 12.8. The Morgan fingerprint density at radius 1 is 1.29 bits per heavy atom. The molecule has 0 heterocycles. The summed E-state index contributed by atoms with van der Waals surface area (Å²) in [5.74, 6) is -0.451. The van der Waals surface area contributed by atoms with Crippen molar-refractivity contribution in [2.75, 3.05) is 26.0 Å². The average molecular weight is 313 g/mol. The second-order valence-corrected chi connectivity index (χ2v) is 7.09. The lowest BCUT2D eigenvalue weighted by Crippen LogP contribution is -2.33. The Kier molecular flexibility index (Phi) is 6.84. The van der Waals surface area contributed by atoms with Gasteiger partial charge in [0.15, 0.2) is 0 Å². The molecule has 0 amide bonds. The van der Waals surface area contributed by atoms with Crippen LogP contribution < -0.4 is 0 Å². The van der Waals surface area contributed by atoms with Crippen molar-refractivity contribution in [3.63, 3.8) is 0 Å². The van der Waals surface area contributed by atoms with E-state index >= 15 is 0 Å². The molecule has 0 aromatic heterocycles. The Labute approximate surface area is 127 Å². The summed E-state index contributed by atoms with van der Waals surface area (Å²) in [4.78, 5) is 11.3. The predicted molar refractivity (Wildman–Crippen MR) is 82.5 cm³/mol. The molecule has 0 spiro atoms. The first-order valence-electron chi connectivity index (χ1n) is 7.01. The summed E-state index contributed by atoms with van der Waals surface area (Å²) < 4.78 is 30.5. The summed E-state index contributed by atoms with van der Waals surface area (Å²) in [7, 11) is -1.90. The highest BCUT2D eigenvalue weighted by molar-refractivity contribution is 7.89. The molecule has 1 unspecified atom stereocenters. The van der Waals surface area contributed by atoms with Gasteiger partial charge in [0.1, 0.15) is 0 Å². The second kappa shape index (κ2) is 8.14. The lowest BCUT2D eigenvalue weighted by Gasteiger charge is -2.19. The number of hydrogen-bond acceptors (Lipinski definition) is 4. The summed E-state index contributed by atoms with van der Waals surface area (Å²) in [6.45, 7) is 4.05. The van der Waals surface area contributed by atoms with Gasteiger partial charge in [-0.3, -0.25) is 4.79 Å². The van der Waals surface area contributed by atoms with Gasteiger partial charge in [-0.05, 0) is 18.4 Å². The third-order valence-electron chi connectivity index (χ3n) is 3.24. The van der Waals surface area contributed by atoms with Crippen LogP contribution in [0.15, 0.2) is 30.3 Å². The molecule has 0 radical (unpaired) electrons. The molecule has 0 saturated carbocycles. The van der Waals surface area contributed by atoms with Crippen molar-refractivity contribution in [3.05, 3.63) is 35.9 Å². The summed E-state index contributed by atoms with van der Waals surface area (Å²) in [6, 6.07) is 9.51. The number of carbonyl (C=O) groups is 1. The number of benzene rings is 1. The first kappa shape index (κ1) is 17.7. The smallest absolute Gasteiger partial charge is 0.307 e. The summed E-state index contributed by atoms with van der Waals surface area (Å²) >= 11 is 0. The van der Waals surface area contributed by atoms with E-state index in [2.05, 4.69) is 0 Å². The van der Waals surface area contributed by atoms with E-state index in [1.165, 1.54) is 11.4 Å². The van der Waals surface area contributed by atoms with Crippen molar-refractivity contribution < 1.29 is 17.9 Å². The van der Waals surface area contributed by atoms with Crippen molar-refractivity contribution in [1.82, 2.24) is 4.31 Å².